The van der Waals surface area contributed by atoms with Crippen LogP contribution in [-0.4, -0.2) is 24.1 Å². The van der Waals surface area contributed by atoms with Gasteiger partial charge in [-0.1, -0.05) is 42.3 Å². The summed E-state index contributed by atoms with van der Waals surface area (Å²) in [5.41, 5.74) is 1.65. The molecule has 5 nitrogen and oxygen atoms in total. The van der Waals surface area contributed by atoms with Crippen LogP contribution >= 0.6 is 0 Å². The zero-order valence-corrected chi connectivity index (χ0v) is 13.7. The first-order valence-corrected chi connectivity index (χ1v) is 7.90. The Morgan fingerprint density at radius 2 is 2.04 bits per heavy atom. The van der Waals surface area contributed by atoms with E-state index in [0.29, 0.717) is 17.9 Å². The number of rotatable bonds is 4. The summed E-state index contributed by atoms with van der Waals surface area (Å²) in [6.07, 6.45) is 4.55. The summed E-state index contributed by atoms with van der Waals surface area (Å²) in [6.45, 7) is 1.61. The van der Waals surface area contributed by atoms with E-state index >= 15 is 0 Å². The van der Waals surface area contributed by atoms with Gasteiger partial charge in [-0.2, -0.15) is 0 Å². The second kappa shape index (κ2) is 7.10. The Morgan fingerprint density at radius 1 is 1.28 bits per heavy atom. The van der Waals surface area contributed by atoms with Crippen molar-refractivity contribution in [2.24, 2.45) is 0 Å². The van der Waals surface area contributed by atoms with Gasteiger partial charge in [0, 0.05) is 6.42 Å². The van der Waals surface area contributed by atoms with Crippen LogP contribution in [0.4, 0.5) is 5.69 Å². The molecule has 2 unspecified atom stereocenters. The Kier molecular flexibility index (Phi) is 4.71. The Labute approximate surface area is 146 Å². The molecule has 1 amide bonds. The highest BCUT2D eigenvalue weighted by Gasteiger charge is 2.28. The molecule has 0 aromatic heterocycles. The normalized spacial score (nSPS) is 16.6. The van der Waals surface area contributed by atoms with E-state index in [-0.39, 0.29) is 11.5 Å². The molecule has 1 heterocycles. The van der Waals surface area contributed by atoms with Crippen molar-refractivity contribution in [2.75, 3.05) is 5.32 Å². The van der Waals surface area contributed by atoms with Crippen molar-refractivity contribution in [1.29, 1.82) is 0 Å². The predicted molar refractivity (Wildman–Crippen MR) is 93.3 cm³/mol. The molecule has 2 atom stereocenters. The molecule has 0 bridgehead atoms. The van der Waals surface area contributed by atoms with Gasteiger partial charge in [-0.3, -0.25) is 4.79 Å². The van der Waals surface area contributed by atoms with Crippen molar-refractivity contribution >= 4 is 17.6 Å². The molecule has 2 aromatic rings. The van der Waals surface area contributed by atoms with Crippen LogP contribution in [0, 0.1) is 12.3 Å². The smallest absolute Gasteiger partial charge is 0.343 e. The molecule has 0 saturated carbocycles. The van der Waals surface area contributed by atoms with Crippen LogP contribution in [0.15, 0.2) is 48.5 Å². The minimum Gasteiger partial charge on any atom is -0.478 e. The first kappa shape index (κ1) is 16.6. The predicted octanol–water partition coefficient (Wildman–Crippen LogP) is 2.81. The minimum atomic E-state index is -0.693. The van der Waals surface area contributed by atoms with Crippen molar-refractivity contribution in [3.05, 3.63) is 59.7 Å². The number of carbonyl (C=O) groups is 2. The Morgan fingerprint density at radius 3 is 2.76 bits per heavy atom. The highest BCUT2D eigenvalue weighted by molar-refractivity contribution is 6.02. The van der Waals surface area contributed by atoms with E-state index in [4.69, 9.17) is 15.9 Å². The standard InChI is InChI=1S/C20H17NO4/c1-3-15(12-14-8-5-4-6-9-14)25-20(23)16-10-7-11-17-18(16)24-13(2)19(22)21-17/h1,4-11,13,15H,12H2,2H3,(H,21,22). The van der Waals surface area contributed by atoms with Crippen molar-refractivity contribution in [1.82, 2.24) is 0 Å². The van der Waals surface area contributed by atoms with Crippen LogP contribution in [0.25, 0.3) is 0 Å². The number of carbonyl (C=O) groups excluding carboxylic acids is 2. The lowest BCUT2D eigenvalue weighted by atomic mass is 10.1. The summed E-state index contributed by atoms with van der Waals surface area (Å²) >= 11 is 0. The van der Waals surface area contributed by atoms with Crippen LogP contribution in [0.2, 0.25) is 0 Å². The van der Waals surface area contributed by atoms with E-state index in [1.165, 1.54) is 0 Å². The maximum atomic E-state index is 12.6. The SMILES string of the molecule is C#CC(Cc1ccccc1)OC(=O)c1cccc2c1OC(C)C(=O)N2. The van der Waals surface area contributed by atoms with Crippen LogP contribution in [0.1, 0.15) is 22.8 Å². The van der Waals surface area contributed by atoms with Crippen LogP contribution < -0.4 is 10.1 Å². The molecule has 126 valence electrons. The first-order chi connectivity index (χ1) is 12.1. The summed E-state index contributed by atoms with van der Waals surface area (Å²) in [7, 11) is 0. The second-order valence-electron chi connectivity index (χ2n) is 5.68. The fourth-order valence-electron chi connectivity index (χ4n) is 2.54. The van der Waals surface area contributed by atoms with Gasteiger partial charge in [-0.15, -0.1) is 6.42 Å². The number of para-hydroxylation sites is 1. The van der Waals surface area contributed by atoms with Gasteiger partial charge in [0.1, 0.15) is 5.56 Å². The third-order valence-corrected chi connectivity index (χ3v) is 3.86. The van der Waals surface area contributed by atoms with Crippen LogP contribution in [0.3, 0.4) is 0 Å². The monoisotopic (exact) mass is 335 g/mol. The van der Waals surface area contributed by atoms with Gasteiger partial charge in [-0.05, 0) is 24.6 Å². The lowest BCUT2D eigenvalue weighted by Gasteiger charge is -2.25. The van der Waals surface area contributed by atoms with E-state index in [0.717, 1.165) is 5.56 Å². The number of benzene rings is 2. The quantitative estimate of drug-likeness (QED) is 0.689. The van der Waals surface area contributed by atoms with Gasteiger partial charge in [-0.25, -0.2) is 4.79 Å². The number of esters is 1. The zero-order valence-electron chi connectivity index (χ0n) is 13.7. The molecule has 0 aliphatic carbocycles. The maximum Gasteiger partial charge on any atom is 0.343 e. The molecule has 25 heavy (non-hydrogen) atoms. The number of terminal acetylenes is 1. The molecule has 2 aromatic carbocycles. The molecule has 0 saturated heterocycles. The molecule has 3 rings (SSSR count). The third-order valence-electron chi connectivity index (χ3n) is 3.86. The lowest BCUT2D eigenvalue weighted by Crippen LogP contribution is -2.35. The highest BCUT2D eigenvalue weighted by atomic mass is 16.5. The number of fused-ring (bicyclic) bond motifs is 1. The summed E-state index contributed by atoms with van der Waals surface area (Å²) in [6, 6.07) is 14.4. The number of hydrogen-bond acceptors (Lipinski definition) is 4. The van der Waals surface area contributed by atoms with Crippen molar-refractivity contribution in [3.8, 4) is 18.1 Å². The van der Waals surface area contributed by atoms with E-state index in [2.05, 4.69) is 11.2 Å². The van der Waals surface area contributed by atoms with E-state index in [9.17, 15) is 9.59 Å². The number of amides is 1. The summed E-state index contributed by atoms with van der Waals surface area (Å²) in [5.74, 6) is 1.95. The van der Waals surface area contributed by atoms with Crippen LogP contribution in [-0.2, 0) is 16.0 Å². The number of ether oxygens (including phenoxy) is 2. The van der Waals surface area contributed by atoms with Gasteiger partial charge < -0.3 is 14.8 Å². The van der Waals surface area contributed by atoms with Crippen LogP contribution in [0.5, 0.6) is 5.75 Å². The van der Waals surface area contributed by atoms with Gasteiger partial charge in [0.05, 0.1) is 5.69 Å². The first-order valence-electron chi connectivity index (χ1n) is 7.90. The highest BCUT2D eigenvalue weighted by Crippen LogP contribution is 2.33. The summed E-state index contributed by atoms with van der Waals surface area (Å²) in [5, 5.41) is 2.70. The van der Waals surface area contributed by atoms with Gasteiger partial charge in [0.15, 0.2) is 18.0 Å². The van der Waals surface area contributed by atoms with E-state index < -0.39 is 18.2 Å². The topological polar surface area (TPSA) is 64.6 Å². The average Bonchev–Trinajstić information content (AvgIpc) is 2.62. The van der Waals surface area contributed by atoms with Crippen molar-refractivity contribution in [2.45, 2.75) is 25.6 Å². The number of nitrogens with one attached hydrogen (secondary N) is 1. The third kappa shape index (κ3) is 3.64. The molecule has 1 N–H and O–H groups in total. The van der Waals surface area contributed by atoms with Gasteiger partial charge >= 0.3 is 5.97 Å². The van der Waals surface area contributed by atoms with Crippen molar-refractivity contribution < 1.29 is 19.1 Å². The van der Waals surface area contributed by atoms with E-state index in [1.807, 2.05) is 30.3 Å². The lowest BCUT2D eigenvalue weighted by molar-refractivity contribution is -0.122. The Hall–Kier alpha value is -3.26. The molecule has 1 aliphatic rings. The minimum absolute atomic E-state index is 0.234. The van der Waals surface area contributed by atoms with Gasteiger partial charge in [0.2, 0.25) is 0 Å². The molecule has 0 fully saturated rings. The Bertz CT molecular complexity index is 839. The fourth-order valence-corrected chi connectivity index (χ4v) is 2.54. The average molecular weight is 335 g/mol. The molecule has 0 radical (unpaired) electrons. The zero-order chi connectivity index (χ0) is 17.8. The fraction of sp³-hybridized carbons (Fsp3) is 0.200. The summed E-state index contributed by atoms with van der Waals surface area (Å²) in [4.78, 5) is 24.2. The Balaban J connectivity index is 1.78. The van der Waals surface area contributed by atoms with E-state index in [1.54, 1.807) is 25.1 Å². The molecule has 5 heteroatoms. The summed E-state index contributed by atoms with van der Waals surface area (Å²) < 4.78 is 11.0. The van der Waals surface area contributed by atoms with Crippen molar-refractivity contribution in [3.63, 3.8) is 0 Å². The number of hydrogen-bond donors (Lipinski definition) is 1. The maximum absolute atomic E-state index is 12.6. The van der Waals surface area contributed by atoms with Gasteiger partial charge in [0.25, 0.3) is 5.91 Å². The largest absolute Gasteiger partial charge is 0.478 e. The molecule has 1 aliphatic heterocycles. The molecular formula is C20H17NO4. The number of anilines is 1. The molecule has 0 spiro atoms. The molecular weight excluding hydrogens is 318 g/mol. The second-order valence-corrected chi connectivity index (χ2v) is 5.68.